The van der Waals surface area contributed by atoms with E-state index in [0.717, 1.165) is 40.2 Å². The Morgan fingerprint density at radius 1 is 1.02 bits per heavy atom. The molecule has 0 spiro atoms. The maximum atomic E-state index is 14.3. The molecule has 44 heavy (non-hydrogen) atoms. The standard InChI is InChI=1S/C33H37N5O4S2/c1-20-8-6-9-21(2)30(20)26-15-28-36-32(35-26)37-44(40,41)25-11-7-10-23(14-25)31(39)38(24(18-42-28)16-33(3,4)5)17-29-34-27(19-43-29)22-12-13-22/h6-11,14-15,19,22,24H,12-13,16-18H2,1-5H3,(H,35,36,37)/t24-/m1/s1. The number of nitrogens with one attached hydrogen (secondary N) is 1. The second-order valence-electron chi connectivity index (χ2n) is 12.9. The summed E-state index contributed by atoms with van der Waals surface area (Å²) in [7, 11) is -4.13. The summed E-state index contributed by atoms with van der Waals surface area (Å²) in [6.07, 6.45) is 2.93. The number of anilines is 1. The third-order valence-electron chi connectivity index (χ3n) is 7.90. The summed E-state index contributed by atoms with van der Waals surface area (Å²) < 4.78 is 36.1. The van der Waals surface area contributed by atoms with Crippen LogP contribution in [0.15, 0.2) is 58.8 Å². The SMILES string of the molecule is Cc1cccc(C)c1-c1cc2nc(n1)NS(=O)(=O)c1cccc(c1)C(=O)N(Cc1nc(C3CC3)cs1)[C@H](CC(C)(C)C)CO2. The van der Waals surface area contributed by atoms with Gasteiger partial charge in [0.25, 0.3) is 15.9 Å². The van der Waals surface area contributed by atoms with E-state index in [1.54, 1.807) is 34.4 Å². The van der Waals surface area contributed by atoms with E-state index < -0.39 is 10.0 Å². The van der Waals surface area contributed by atoms with Gasteiger partial charge in [0.1, 0.15) is 11.6 Å². The number of amides is 1. The molecule has 0 saturated heterocycles. The van der Waals surface area contributed by atoms with E-state index in [1.165, 1.54) is 12.1 Å². The highest BCUT2D eigenvalue weighted by molar-refractivity contribution is 7.92. The number of aryl methyl sites for hydroxylation is 2. The molecule has 0 unspecified atom stereocenters. The van der Waals surface area contributed by atoms with Crippen molar-refractivity contribution >= 4 is 33.2 Å². The molecule has 1 amide bonds. The molecule has 3 heterocycles. The highest BCUT2D eigenvalue weighted by Gasteiger charge is 2.33. The molecule has 1 fully saturated rings. The monoisotopic (exact) mass is 631 g/mol. The van der Waals surface area contributed by atoms with Crippen molar-refractivity contribution in [2.75, 3.05) is 11.3 Å². The fraction of sp³-hybridized carbons (Fsp3) is 0.394. The summed E-state index contributed by atoms with van der Waals surface area (Å²) in [6, 6.07) is 13.4. The van der Waals surface area contributed by atoms with Crippen LogP contribution in [0, 0.1) is 19.3 Å². The third kappa shape index (κ3) is 6.63. The summed E-state index contributed by atoms with van der Waals surface area (Å²) in [6.45, 7) is 10.8. The quantitative estimate of drug-likeness (QED) is 0.260. The van der Waals surface area contributed by atoms with Crippen LogP contribution in [0.5, 0.6) is 5.88 Å². The van der Waals surface area contributed by atoms with Gasteiger partial charge in [0.15, 0.2) is 0 Å². The first kappa shape index (κ1) is 30.2. The van der Waals surface area contributed by atoms with Crippen LogP contribution in [0.4, 0.5) is 5.95 Å². The van der Waals surface area contributed by atoms with Gasteiger partial charge in [0.05, 0.1) is 28.9 Å². The molecule has 4 bridgehead atoms. The van der Waals surface area contributed by atoms with Crippen LogP contribution < -0.4 is 9.46 Å². The summed E-state index contributed by atoms with van der Waals surface area (Å²) in [5.41, 5.74) is 4.62. The predicted molar refractivity (Wildman–Crippen MR) is 172 cm³/mol. The van der Waals surface area contributed by atoms with Crippen LogP contribution in [-0.4, -0.2) is 46.8 Å². The van der Waals surface area contributed by atoms with Crippen LogP contribution in [-0.2, 0) is 16.6 Å². The summed E-state index contributed by atoms with van der Waals surface area (Å²) in [5.74, 6) is 0.344. The molecule has 11 heteroatoms. The molecular weight excluding hydrogens is 595 g/mol. The van der Waals surface area contributed by atoms with Crippen LogP contribution in [0.1, 0.15) is 78.1 Å². The van der Waals surface area contributed by atoms with Crippen LogP contribution >= 0.6 is 11.3 Å². The lowest BCUT2D eigenvalue weighted by Crippen LogP contribution is -2.45. The smallest absolute Gasteiger partial charge is 0.264 e. The zero-order valence-electron chi connectivity index (χ0n) is 25.6. The lowest BCUT2D eigenvalue weighted by atomic mass is 9.87. The molecule has 1 aliphatic carbocycles. The first-order chi connectivity index (χ1) is 20.9. The van der Waals surface area contributed by atoms with Crippen LogP contribution in [0.2, 0.25) is 0 Å². The minimum atomic E-state index is -4.13. The molecule has 4 aromatic rings. The fourth-order valence-electron chi connectivity index (χ4n) is 5.66. The van der Waals surface area contributed by atoms with E-state index in [1.807, 2.05) is 32.0 Å². The van der Waals surface area contributed by atoms with Crippen LogP contribution in [0.25, 0.3) is 11.3 Å². The van der Waals surface area contributed by atoms with Gasteiger partial charge in [-0.3, -0.25) is 4.79 Å². The molecule has 2 aromatic heterocycles. The molecule has 1 N–H and O–H groups in total. The topological polar surface area (TPSA) is 114 Å². The van der Waals surface area contributed by atoms with Gasteiger partial charge in [-0.15, -0.1) is 11.3 Å². The Balaban J connectivity index is 1.48. The molecule has 1 saturated carbocycles. The molecule has 230 valence electrons. The van der Waals surface area contributed by atoms with E-state index in [9.17, 15) is 13.2 Å². The molecule has 1 aliphatic heterocycles. The highest BCUT2D eigenvalue weighted by Crippen LogP contribution is 2.40. The van der Waals surface area contributed by atoms with Crippen molar-refractivity contribution in [2.45, 2.75) is 77.3 Å². The van der Waals surface area contributed by atoms with E-state index in [-0.39, 0.29) is 52.8 Å². The zero-order chi connectivity index (χ0) is 31.2. The van der Waals surface area contributed by atoms with Gasteiger partial charge in [0.2, 0.25) is 11.8 Å². The number of hydrogen-bond donors (Lipinski definition) is 1. The number of benzene rings is 2. The number of carbonyl (C=O) groups excluding carboxylic acids is 1. The Morgan fingerprint density at radius 2 is 1.75 bits per heavy atom. The second kappa shape index (κ2) is 11.6. The van der Waals surface area contributed by atoms with E-state index in [4.69, 9.17) is 9.72 Å². The number of carbonyl (C=O) groups is 1. The Hall–Kier alpha value is -3.83. The number of thiazole rings is 1. The molecule has 2 aliphatic rings. The third-order valence-corrected chi connectivity index (χ3v) is 10.1. The summed E-state index contributed by atoms with van der Waals surface area (Å²) >= 11 is 1.55. The van der Waals surface area contributed by atoms with E-state index in [0.29, 0.717) is 18.0 Å². The maximum absolute atomic E-state index is 14.3. The van der Waals surface area contributed by atoms with Gasteiger partial charge in [-0.1, -0.05) is 45.0 Å². The number of rotatable bonds is 5. The van der Waals surface area contributed by atoms with Crippen LogP contribution in [0.3, 0.4) is 0 Å². The van der Waals surface area contributed by atoms with Crippen molar-refractivity contribution in [2.24, 2.45) is 5.41 Å². The van der Waals surface area contributed by atoms with Gasteiger partial charge in [-0.2, -0.15) is 4.98 Å². The lowest BCUT2D eigenvalue weighted by Gasteiger charge is -2.35. The minimum absolute atomic E-state index is 0.0521. The predicted octanol–water partition coefficient (Wildman–Crippen LogP) is 6.73. The number of aromatic nitrogens is 3. The van der Waals surface area contributed by atoms with Gasteiger partial charge in [0, 0.05) is 28.5 Å². The van der Waals surface area contributed by atoms with Gasteiger partial charge >= 0.3 is 0 Å². The Bertz CT molecular complexity index is 1810. The van der Waals surface area contributed by atoms with Crippen molar-refractivity contribution in [3.63, 3.8) is 0 Å². The Labute approximate surface area is 262 Å². The lowest BCUT2D eigenvalue weighted by molar-refractivity contribution is 0.0512. The molecule has 0 radical (unpaired) electrons. The minimum Gasteiger partial charge on any atom is -0.475 e. The first-order valence-electron chi connectivity index (χ1n) is 14.8. The van der Waals surface area contributed by atoms with E-state index >= 15 is 0 Å². The zero-order valence-corrected chi connectivity index (χ0v) is 27.3. The number of ether oxygens (including phenoxy) is 1. The average molecular weight is 632 g/mol. The number of hydrogen-bond acceptors (Lipinski definition) is 8. The largest absolute Gasteiger partial charge is 0.475 e. The number of nitrogens with zero attached hydrogens (tertiary/aromatic N) is 4. The maximum Gasteiger partial charge on any atom is 0.264 e. The number of fused-ring (bicyclic) bond motifs is 4. The Morgan fingerprint density at radius 3 is 2.45 bits per heavy atom. The molecule has 1 atom stereocenters. The fourth-order valence-corrected chi connectivity index (χ4v) is 7.52. The molecule has 9 nitrogen and oxygen atoms in total. The first-order valence-corrected chi connectivity index (χ1v) is 17.2. The normalized spacial score (nSPS) is 18.4. The van der Waals surface area contributed by atoms with Crippen molar-refractivity contribution in [1.29, 1.82) is 0 Å². The van der Waals surface area contributed by atoms with Gasteiger partial charge < -0.3 is 9.64 Å². The number of sulfonamides is 1. The molecule has 6 rings (SSSR count). The van der Waals surface area contributed by atoms with Crippen molar-refractivity contribution < 1.29 is 17.9 Å². The van der Waals surface area contributed by atoms with Gasteiger partial charge in [-0.25, -0.2) is 23.1 Å². The van der Waals surface area contributed by atoms with Crippen molar-refractivity contribution in [3.05, 3.63) is 81.3 Å². The van der Waals surface area contributed by atoms with Crippen molar-refractivity contribution in [1.82, 2.24) is 19.9 Å². The highest BCUT2D eigenvalue weighted by atomic mass is 32.2. The average Bonchev–Trinajstić information content (AvgIpc) is 3.70. The van der Waals surface area contributed by atoms with E-state index in [2.05, 4.69) is 40.8 Å². The molecule has 2 aromatic carbocycles. The summed E-state index contributed by atoms with van der Waals surface area (Å²) in [5, 5.41) is 2.93. The molecular formula is C33H37N5O4S2. The van der Waals surface area contributed by atoms with Gasteiger partial charge in [-0.05, 0) is 67.9 Å². The Kier molecular flexibility index (Phi) is 7.96. The second-order valence-corrected chi connectivity index (χ2v) is 15.5. The summed E-state index contributed by atoms with van der Waals surface area (Å²) in [4.78, 5) is 30.0. The van der Waals surface area contributed by atoms with Crippen molar-refractivity contribution in [3.8, 4) is 17.1 Å².